The smallest absolute Gasteiger partial charge is 0.0613 e. The van der Waals surface area contributed by atoms with Crippen molar-refractivity contribution in [2.45, 2.75) is 24.4 Å². The summed E-state index contributed by atoms with van der Waals surface area (Å²) < 4.78 is 5.06. The molecule has 0 spiro atoms. The number of ether oxygens (including phenoxy) is 1. The van der Waals surface area contributed by atoms with Crippen LogP contribution in [0.3, 0.4) is 0 Å². The van der Waals surface area contributed by atoms with E-state index < -0.39 is 0 Å². The van der Waals surface area contributed by atoms with E-state index in [0.717, 1.165) is 13.2 Å². The first-order valence-corrected chi connectivity index (χ1v) is 6.34. The van der Waals surface area contributed by atoms with Gasteiger partial charge in [0, 0.05) is 24.6 Å². The van der Waals surface area contributed by atoms with E-state index in [1.807, 2.05) is 0 Å². The van der Waals surface area contributed by atoms with E-state index in [1.165, 1.54) is 10.5 Å². The molecule has 84 valence electrons. The normalized spacial score (nSPS) is 12.7. The molecule has 1 atom stereocenters. The molecule has 0 aliphatic rings. The first-order chi connectivity index (χ1) is 7.26. The summed E-state index contributed by atoms with van der Waals surface area (Å²) >= 11 is 1.77. The molecule has 1 aromatic rings. The molecular formula is C12H19NOS. The fraction of sp³-hybridized carbons (Fsp3) is 0.500. The van der Waals surface area contributed by atoms with Crippen molar-refractivity contribution in [1.29, 1.82) is 0 Å². The van der Waals surface area contributed by atoms with Crippen molar-refractivity contribution < 1.29 is 4.74 Å². The van der Waals surface area contributed by atoms with Gasteiger partial charge < -0.3 is 10.1 Å². The molecule has 1 aromatic carbocycles. The number of methoxy groups -OCH3 is 1. The molecule has 2 nitrogen and oxygen atoms in total. The van der Waals surface area contributed by atoms with Gasteiger partial charge >= 0.3 is 0 Å². The topological polar surface area (TPSA) is 21.3 Å². The van der Waals surface area contributed by atoms with Gasteiger partial charge in [-0.25, -0.2) is 0 Å². The van der Waals surface area contributed by atoms with E-state index >= 15 is 0 Å². The predicted molar refractivity (Wildman–Crippen MR) is 66.4 cm³/mol. The number of hydrogen-bond acceptors (Lipinski definition) is 3. The number of hydrogen-bond donors (Lipinski definition) is 1. The second-order valence-corrected chi connectivity index (χ2v) is 4.47. The van der Waals surface area contributed by atoms with Crippen LogP contribution in [0.25, 0.3) is 0 Å². The second kappa shape index (κ2) is 6.88. The van der Waals surface area contributed by atoms with Crippen LogP contribution in [0.4, 0.5) is 0 Å². The summed E-state index contributed by atoms with van der Waals surface area (Å²) in [6, 6.07) is 9.04. The third-order valence-electron chi connectivity index (χ3n) is 2.23. The number of nitrogens with one attached hydrogen (secondary N) is 1. The quantitative estimate of drug-likeness (QED) is 0.752. The van der Waals surface area contributed by atoms with Crippen LogP contribution in [-0.2, 0) is 11.3 Å². The molecule has 1 unspecified atom stereocenters. The zero-order valence-corrected chi connectivity index (χ0v) is 10.4. The average Bonchev–Trinajstić information content (AvgIpc) is 2.27. The summed E-state index contributed by atoms with van der Waals surface area (Å²) in [5, 5.41) is 3.41. The lowest BCUT2D eigenvalue weighted by Gasteiger charge is -2.12. The van der Waals surface area contributed by atoms with Crippen LogP contribution in [0.1, 0.15) is 12.5 Å². The summed E-state index contributed by atoms with van der Waals surface area (Å²) in [6.07, 6.45) is 2.09. The van der Waals surface area contributed by atoms with E-state index in [-0.39, 0.29) is 0 Å². The van der Waals surface area contributed by atoms with Crippen LogP contribution < -0.4 is 5.32 Å². The van der Waals surface area contributed by atoms with Gasteiger partial charge in [0.15, 0.2) is 0 Å². The molecule has 3 heteroatoms. The van der Waals surface area contributed by atoms with E-state index in [1.54, 1.807) is 18.9 Å². The van der Waals surface area contributed by atoms with Crippen LogP contribution in [0.2, 0.25) is 0 Å². The fourth-order valence-electron chi connectivity index (χ4n) is 1.34. The van der Waals surface area contributed by atoms with Gasteiger partial charge in [-0.2, -0.15) is 0 Å². The summed E-state index contributed by atoms with van der Waals surface area (Å²) in [4.78, 5) is 1.31. The van der Waals surface area contributed by atoms with Gasteiger partial charge in [-0.1, -0.05) is 12.1 Å². The van der Waals surface area contributed by atoms with Crippen molar-refractivity contribution >= 4 is 11.8 Å². The lowest BCUT2D eigenvalue weighted by atomic mass is 10.2. The van der Waals surface area contributed by atoms with Crippen molar-refractivity contribution in [3.63, 3.8) is 0 Å². The Kier molecular flexibility index (Phi) is 5.76. The maximum atomic E-state index is 5.06. The maximum Gasteiger partial charge on any atom is 0.0613 e. The van der Waals surface area contributed by atoms with Crippen LogP contribution in [0.5, 0.6) is 0 Å². The number of rotatable bonds is 6. The van der Waals surface area contributed by atoms with Gasteiger partial charge in [-0.15, -0.1) is 11.8 Å². The minimum atomic E-state index is 0.398. The van der Waals surface area contributed by atoms with E-state index in [4.69, 9.17) is 4.74 Å². The van der Waals surface area contributed by atoms with Crippen LogP contribution in [0.15, 0.2) is 29.2 Å². The Bertz CT molecular complexity index is 273. The molecule has 0 heterocycles. The van der Waals surface area contributed by atoms with E-state index in [2.05, 4.69) is 42.8 Å². The molecule has 0 amide bonds. The third kappa shape index (κ3) is 4.69. The van der Waals surface area contributed by atoms with Crippen LogP contribution in [0, 0.1) is 0 Å². The van der Waals surface area contributed by atoms with Crippen molar-refractivity contribution in [1.82, 2.24) is 5.32 Å². The Morgan fingerprint density at radius 1 is 1.33 bits per heavy atom. The monoisotopic (exact) mass is 225 g/mol. The zero-order chi connectivity index (χ0) is 11.1. The molecule has 0 radical (unpaired) electrons. The van der Waals surface area contributed by atoms with Gasteiger partial charge in [0.05, 0.1) is 6.61 Å². The molecule has 0 aromatic heterocycles. The van der Waals surface area contributed by atoms with Gasteiger partial charge in [0.2, 0.25) is 0 Å². The molecule has 0 saturated carbocycles. The second-order valence-electron chi connectivity index (χ2n) is 3.59. The highest BCUT2D eigenvalue weighted by atomic mass is 32.2. The summed E-state index contributed by atoms with van der Waals surface area (Å²) in [7, 11) is 1.73. The van der Waals surface area contributed by atoms with Gasteiger partial charge in [-0.3, -0.25) is 0 Å². The Balaban J connectivity index is 2.37. The Morgan fingerprint density at radius 2 is 2.00 bits per heavy atom. The Hall–Kier alpha value is -0.510. The van der Waals surface area contributed by atoms with Crippen molar-refractivity contribution in [3.05, 3.63) is 29.8 Å². The van der Waals surface area contributed by atoms with Gasteiger partial charge in [-0.05, 0) is 30.9 Å². The first-order valence-electron chi connectivity index (χ1n) is 5.11. The summed E-state index contributed by atoms with van der Waals surface area (Å²) in [5.74, 6) is 0. The van der Waals surface area contributed by atoms with Crippen molar-refractivity contribution in [3.8, 4) is 0 Å². The lowest BCUT2D eigenvalue weighted by Crippen LogP contribution is -2.29. The Morgan fingerprint density at radius 3 is 2.53 bits per heavy atom. The number of benzene rings is 1. The maximum absolute atomic E-state index is 5.06. The highest BCUT2D eigenvalue weighted by Crippen LogP contribution is 2.14. The molecule has 0 fully saturated rings. The van der Waals surface area contributed by atoms with Crippen molar-refractivity contribution in [2.24, 2.45) is 0 Å². The van der Waals surface area contributed by atoms with Gasteiger partial charge in [0.25, 0.3) is 0 Å². The fourth-order valence-corrected chi connectivity index (χ4v) is 1.75. The van der Waals surface area contributed by atoms with Crippen LogP contribution in [-0.4, -0.2) is 26.0 Å². The molecule has 1 rings (SSSR count). The zero-order valence-electron chi connectivity index (χ0n) is 9.62. The van der Waals surface area contributed by atoms with Crippen molar-refractivity contribution in [2.75, 3.05) is 20.0 Å². The summed E-state index contributed by atoms with van der Waals surface area (Å²) in [6.45, 7) is 3.78. The van der Waals surface area contributed by atoms with Gasteiger partial charge in [0.1, 0.15) is 0 Å². The molecule has 15 heavy (non-hydrogen) atoms. The summed E-state index contributed by atoms with van der Waals surface area (Å²) in [5.41, 5.74) is 1.32. The molecule has 0 saturated heterocycles. The predicted octanol–water partition coefficient (Wildman–Crippen LogP) is 2.53. The average molecular weight is 225 g/mol. The standard InChI is InChI=1S/C12H19NOS/c1-10(9-14-2)13-8-11-4-6-12(15-3)7-5-11/h4-7,10,13H,8-9H2,1-3H3. The lowest BCUT2D eigenvalue weighted by molar-refractivity contribution is 0.171. The third-order valence-corrected chi connectivity index (χ3v) is 2.97. The minimum absolute atomic E-state index is 0.398. The van der Waals surface area contributed by atoms with Crippen LogP contribution >= 0.6 is 11.8 Å². The Labute approximate surface area is 96.4 Å². The molecule has 1 N–H and O–H groups in total. The van der Waals surface area contributed by atoms with E-state index in [0.29, 0.717) is 6.04 Å². The SMILES string of the molecule is COCC(C)NCc1ccc(SC)cc1. The molecule has 0 aliphatic heterocycles. The molecule has 0 aliphatic carbocycles. The van der Waals surface area contributed by atoms with E-state index in [9.17, 15) is 0 Å². The first kappa shape index (κ1) is 12.6. The molecule has 0 bridgehead atoms. The minimum Gasteiger partial charge on any atom is -0.383 e. The molecular weight excluding hydrogens is 206 g/mol. The largest absolute Gasteiger partial charge is 0.383 e. The highest BCUT2D eigenvalue weighted by molar-refractivity contribution is 7.98. The highest BCUT2D eigenvalue weighted by Gasteiger charge is 2.00. The number of thioether (sulfide) groups is 1.